The summed E-state index contributed by atoms with van der Waals surface area (Å²) in [7, 11) is 0. The number of carbonyl (C=O) groups excluding carboxylic acids is 1. The first-order valence-electron chi connectivity index (χ1n) is 5.66. The van der Waals surface area contributed by atoms with E-state index in [0.29, 0.717) is 5.69 Å². The van der Waals surface area contributed by atoms with E-state index in [-0.39, 0.29) is 11.7 Å². The molecule has 5 nitrogen and oxygen atoms in total. The van der Waals surface area contributed by atoms with Crippen molar-refractivity contribution in [1.29, 1.82) is 0 Å². The van der Waals surface area contributed by atoms with E-state index in [1.54, 1.807) is 12.1 Å². The Hall–Kier alpha value is -1.59. The van der Waals surface area contributed by atoms with E-state index < -0.39 is 0 Å². The van der Waals surface area contributed by atoms with Crippen molar-refractivity contribution < 1.29 is 9.90 Å². The molecule has 0 atom stereocenters. The monoisotopic (exact) mass is 237 g/mol. The van der Waals surface area contributed by atoms with E-state index in [4.69, 9.17) is 5.11 Å². The average Bonchev–Trinajstić information content (AvgIpc) is 2.35. The molecule has 17 heavy (non-hydrogen) atoms. The van der Waals surface area contributed by atoms with Crippen molar-refractivity contribution in [2.75, 3.05) is 31.5 Å². The number of piperazine rings is 1. The molecule has 1 fully saturated rings. The van der Waals surface area contributed by atoms with Gasteiger partial charge in [-0.1, -0.05) is 0 Å². The number of hydrogen-bond acceptors (Lipinski definition) is 4. The van der Waals surface area contributed by atoms with Gasteiger partial charge < -0.3 is 21.1 Å². The van der Waals surface area contributed by atoms with E-state index in [1.165, 1.54) is 19.1 Å². The van der Waals surface area contributed by atoms with Gasteiger partial charge >= 0.3 is 0 Å². The number of aromatic hydroxyl groups is 1. The average molecular weight is 237 g/mol. The molecule has 1 amide bonds. The third-order valence-electron chi connectivity index (χ3n) is 2.14. The minimum absolute atomic E-state index is 0.115. The van der Waals surface area contributed by atoms with Gasteiger partial charge in [0.05, 0.1) is 0 Å². The molecule has 0 unspecified atom stereocenters. The molecule has 1 heterocycles. The van der Waals surface area contributed by atoms with Gasteiger partial charge in [0.25, 0.3) is 0 Å². The number of hydrogen-bond donors (Lipinski definition) is 4. The third-order valence-corrected chi connectivity index (χ3v) is 2.14. The lowest BCUT2D eigenvalue weighted by Crippen LogP contribution is -2.39. The number of phenolic OH excluding ortho intramolecular Hbond substituents is 1. The predicted octanol–water partition coefficient (Wildman–Crippen LogP) is 0.530. The Morgan fingerprint density at radius 1 is 1.12 bits per heavy atom. The Balaban J connectivity index is 0.000000202. The molecule has 0 bridgehead atoms. The standard InChI is InChI=1S/C8H9NO2.C4H10N2/c1-6(10)9-7-2-4-8(11)5-3-7;1-2-6-4-3-5-1/h2-5,11H,1H3,(H,9,10);5-6H,1-4H2. The highest BCUT2D eigenvalue weighted by Crippen LogP contribution is 2.13. The number of benzene rings is 1. The van der Waals surface area contributed by atoms with Crippen molar-refractivity contribution in [3.8, 4) is 5.75 Å². The second-order valence-electron chi connectivity index (χ2n) is 3.73. The number of phenols is 1. The van der Waals surface area contributed by atoms with Crippen molar-refractivity contribution in [3.05, 3.63) is 24.3 Å². The Kier molecular flexibility index (Phi) is 6.06. The number of rotatable bonds is 1. The molecule has 94 valence electrons. The fourth-order valence-corrected chi connectivity index (χ4v) is 1.35. The molecule has 1 saturated heterocycles. The third kappa shape index (κ3) is 6.55. The fourth-order valence-electron chi connectivity index (χ4n) is 1.35. The number of anilines is 1. The van der Waals surface area contributed by atoms with E-state index in [2.05, 4.69) is 16.0 Å². The molecule has 1 aromatic rings. The molecule has 5 heteroatoms. The second-order valence-corrected chi connectivity index (χ2v) is 3.73. The molecule has 2 rings (SSSR count). The van der Waals surface area contributed by atoms with E-state index in [9.17, 15) is 4.79 Å². The summed E-state index contributed by atoms with van der Waals surface area (Å²) in [6, 6.07) is 6.31. The zero-order valence-electron chi connectivity index (χ0n) is 9.99. The molecule has 1 aliphatic heterocycles. The van der Waals surface area contributed by atoms with Crippen molar-refractivity contribution in [2.45, 2.75) is 6.92 Å². The van der Waals surface area contributed by atoms with Gasteiger partial charge in [0, 0.05) is 38.8 Å². The first-order valence-corrected chi connectivity index (χ1v) is 5.66. The van der Waals surface area contributed by atoms with Crippen LogP contribution >= 0.6 is 0 Å². The van der Waals surface area contributed by atoms with Crippen LogP contribution in [0, 0.1) is 0 Å². The quantitative estimate of drug-likeness (QED) is 0.538. The van der Waals surface area contributed by atoms with Crippen LogP contribution in [0.15, 0.2) is 24.3 Å². The highest BCUT2D eigenvalue weighted by atomic mass is 16.3. The molecule has 0 saturated carbocycles. The van der Waals surface area contributed by atoms with Gasteiger partial charge in [0.2, 0.25) is 5.91 Å². The smallest absolute Gasteiger partial charge is 0.221 e. The largest absolute Gasteiger partial charge is 0.508 e. The Labute approximate surface area is 101 Å². The summed E-state index contributed by atoms with van der Waals surface area (Å²) in [4.78, 5) is 10.5. The van der Waals surface area contributed by atoms with Gasteiger partial charge in [-0.2, -0.15) is 0 Å². The van der Waals surface area contributed by atoms with Crippen LogP contribution < -0.4 is 16.0 Å². The molecule has 0 spiro atoms. The Morgan fingerprint density at radius 3 is 1.94 bits per heavy atom. The van der Waals surface area contributed by atoms with Crippen LogP contribution in [0.5, 0.6) is 5.75 Å². The first kappa shape index (κ1) is 13.5. The minimum atomic E-state index is -0.115. The number of carbonyl (C=O) groups is 1. The minimum Gasteiger partial charge on any atom is -0.508 e. The van der Waals surface area contributed by atoms with Gasteiger partial charge in [-0.3, -0.25) is 4.79 Å². The summed E-state index contributed by atoms with van der Waals surface area (Å²) in [6.45, 7) is 5.99. The number of nitrogens with one attached hydrogen (secondary N) is 3. The zero-order valence-corrected chi connectivity index (χ0v) is 9.99. The van der Waals surface area contributed by atoms with Crippen molar-refractivity contribution in [1.82, 2.24) is 10.6 Å². The van der Waals surface area contributed by atoms with Crippen LogP contribution in [0.2, 0.25) is 0 Å². The Bertz CT molecular complexity index is 323. The van der Waals surface area contributed by atoms with Crippen LogP contribution in [-0.4, -0.2) is 37.2 Å². The molecule has 0 radical (unpaired) electrons. The molecular weight excluding hydrogens is 218 g/mol. The highest BCUT2D eigenvalue weighted by Gasteiger charge is 1.93. The molecular formula is C12H19N3O2. The summed E-state index contributed by atoms with van der Waals surface area (Å²) in [6.07, 6.45) is 0. The lowest BCUT2D eigenvalue weighted by atomic mass is 10.3. The lowest BCUT2D eigenvalue weighted by molar-refractivity contribution is -0.114. The van der Waals surface area contributed by atoms with Crippen LogP contribution in [0.25, 0.3) is 0 Å². The zero-order chi connectivity index (χ0) is 12.5. The van der Waals surface area contributed by atoms with Crippen molar-refractivity contribution >= 4 is 11.6 Å². The van der Waals surface area contributed by atoms with Gasteiger partial charge in [0.15, 0.2) is 0 Å². The van der Waals surface area contributed by atoms with Crippen molar-refractivity contribution in [3.63, 3.8) is 0 Å². The maximum absolute atomic E-state index is 10.5. The maximum atomic E-state index is 10.5. The van der Waals surface area contributed by atoms with E-state index >= 15 is 0 Å². The van der Waals surface area contributed by atoms with Crippen LogP contribution in [-0.2, 0) is 4.79 Å². The normalized spacial score (nSPS) is 14.4. The molecule has 1 aromatic carbocycles. The maximum Gasteiger partial charge on any atom is 0.221 e. The summed E-state index contributed by atoms with van der Waals surface area (Å²) in [5.41, 5.74) is 0.690. The van der Waals surface area contributed by atoms with Crippen LogP contribution in [0.4, 0.5) is 5.69 Å². The molecule has 0 aromatic heterocycles. The summed E-state index contributed by atoms with van der Waals surface area (Å²) in [5, 5.41) is 17.9. The topological polar surface area (TPSA) is 73.4 Å². The molecule has 0 aliphatic carbocycles. The van der Waals surface area contributed by atoms with Crippen LogP contribution in [0.3, 0.4) is 0 Å². The predicted molar refractivity (Wildman–Crippen MR) is 68.1 cm³/mol. The highest BCUT2D eigenvalue weighted by molar-refractivity contribution is 5.88. The first-order chi connectivity index (χ1) is 8.18. The summed E-state index contributed by atoms with van der Waals surface area (Å²) >= 11 is 0. The van der Waals surface area contributed by atoms with Gasteiger partial charge in [0.1, 0.15) is 5.75 Å². The van der Waals surface area contributed by atoms with Gasteiger partial charge in [-0.05, 0) is 24.3 Å². The summed E-state index contributed by atoms with van der Waals surface area (Å²) < 4.78 is 0. The summed E-state index contributed by atoms with van der Waals surface area (Å²) in [5.74, 6) is 0.0785. The SMILES string of the molecule is C1CNCCN1.CC(=O)Nc1ccc(O)cc1. The van der Waals surface area contributed by atoms with Gasteiger partial charge in [-0.15, -0.1) is 0 Å². The Morgan fingerprint density at radius 2 is 1.59 bits per heavy atom. The second kappa shape index (κ2) is 7.65. The van der Waals surface area contributed by atoms with Crippen molar-refractivity contribution in [2.24, 2.45) is 0 Å². The molecule has 4 N–H and O–H groups in total. The van der Waals surface area contributed by atoms with E-state index in [1.807, 2.05) is 0 Å². The number of amides is 1. The van der Waals surface area contributed by atoms with E-state index in [0.717, 1.165) is 26.2 Å². The van der Waals surface area contributed by atoms with Crippen LogP contribution in [0.1, 0.15) is 6.92 Å². The van der Waals surface area contributed by atoms with Gasteiger partial charge in [-0.25, -0.2) is 0 Å². The molecule has 1 aliphatic rings. The lowest BCUT2D eigenvalue weighted by Gasteiger charge is -2.11. The fraction of sp³-hybridized carbons (Fsp3) is 0.417.